The van der Waals surface area contributed by atoms with E-state index in [1.807, 2.05) is 13.8 Å². The molecule has 9 nitrogen and oxygen atoms in total. The number of ether oxygens (including phenoxy) is 1. The molecule has 29 heavy (non-hydrogen) atoms. The van der Waals surface area contributed by atoms with Gasteiger partial charge in [0.1, 0.15) is 18.1 Å². The third-order valence-corrected chi connectivity index (χ3v) is 5.69. The zero-order chi connectivity index (χ0) is 21.2. The fraction of sp³-hybridized carbons (Fsp3) is 0.316. The van der Waals surface area contributed by atoms with Crippen LogP contribution in [0.4, 0.5) is 0 Å². The SMILES string of the molecule is Cc1cc(-c2nnc(COC(=O)CNS(=O)(=O)c3ccc(C)c(C)c3)o2)c(C)o1. The van der Waals surface area contributed by atoms with Crippen molar-refractivity contribution >= 4 is 16.0 Å². The maximum absolute atomic E-state index is 12.3. The lowest BCUT2D eigenvalue weighted by atomic mass is 10.1. The Kier molecular flexibility index (Phi) is 5.85. The molecule has 0 amide bonds. The van der Waals surface area contributed by atoms with Gasteiger partial charge in [-0.05, 0) is 57.0 Å². The average molecular weight is 419 g/mol. The predicted molar refractivity (Wildman–Crippen MR) is 102 cm³/mol. The van der Waals surface area contributed by atoms with Gasteiger partial charge in [0.05, 0.1) is 10.5 Å². The van der Waals surface area contributed by atoms with Crippen LogP contribution in [0.3, 0.4) is 0 Å². The third kappa shape index (κ3) is 4.90. The zero-order valence-corrected chi connectivity index (χ0v) is 17.3. The molecule has 3 aromatic rings. The summed E-state index contributed by atoms with van der Waals surface area (Å²) in [7, 11) is -3.82. The summed E-state index contributed by atoms with van der Waals surface area (Å²) in [5.41, 5.74) is 2.47. The molecule has 0 atom stereocenters. The van der Waals surface area contributed by atoms with Crippen LogP contribution >= 0.6 is 0 Å². The Hall–Kier alpha value is -2.98. The minimum Gasteiger partial charge on any atom is -0.466 e. The van der Waals surface area contributed by atoms with E-state index in [2.05, 4.69) is 14.9 Å². The van der Waals surface area contributed by atoms with Crippen LogP contribution in [-0.2, 0) is 26.2 Å². The van der Waals surface area contributed by atoms with Gasteiger partial charge in [-0.25, -0.2) is 8.42 Å². The molecule has 154 valence electrons. The van der Waals surface area contributed by atoms with Crippen LogP contribution < -0.4 is 4.72 Å². The Morgan fingerprint density at radius 3 is 2.48 bits per heavy atom. The summed E-state index contributed by atoms with van der Waals surface area (Å²) in [5.74, 6) is 0.909. The number of aromatic nitrogens is 2. The fourth-order valence-electron chi connectivity index (χ4n) is 2.58. The number of carbonyl (C=O) groups is 1. The van der Waals surface area contributed by atoms with E-state index in [1.165, 1.54) is 6.07 Å². The molecule has 0 fully saturated rings. The summed E-state index contributed by atoms with van der Waals surface area (Å²) < 4.78 is 42.7. The third-order valence-electron chi connectivity index (χ3n) is 4.29. The molecular weight excluding hydrogens is 398 g/mol. The predicted octanol–water partition coefficient (Wildman–Crippen LogP) is 2.58. The van der Waals surface area contributed by atoms with Gasteiger partial charge in [-0.15, -0.1) is 10.2 Å². The summed E-state index contributed by atoms with van der Waals surface area (Å²) in [6.07, 6.45) is 0. The van der Waals surface area contributed by atoms with E-state index in [-0.39, 0.29) is 23.3 Å². The molecule has 0 saturated carbocycles. The van der Waals surface area contributed by atoms with Gasteiger partial charge in [-0.3, -0.25) is 4.79 Å². The van der Waals surface area contributed by atoms with Crippen molar-refractivity contribution in [1.29, 1.82) is 0 Å². The molecule has 0 spiro atoms. The van der Waals surface area contributed by atoms with Crippen LogP contribution in [0.15, 0.2) is 38.0 Å². The first-order valence-corrected chi connectivity index (χ1v) is 10.3. The van der Waals surface area contributed by atoms with Gasteiger partial charge < -0.3 is 13.6 Å². The van der Waals surface area contributed by atoms with Crippen molar-refractivity contribution < 1.29 is 26.8 Å². The molecule has 0 saturated heterocycles. The molecule has 0 unspecified atom stereocenters. The van der Waals surface area contributed by atoms with Crippen LogP contribution in [-0.4, -0.2) is 31.1 Å². The summed E-state index contributed by atoms with van der Waals surface area (Å²) in [4.78, 5) is 12.0. The maximum Gasteiger partial charge on any atom is 0.321 e. The van der Waals surface area contributed by atoms with Crippen LogP contribution in [0.25, 0.3) is 11.5 Å². The minimum absolute atomic E-state index is 0.0840. The number of carbonyl (C=O) groups excluding carboxylic acids is 1. The second-order valence-electron chi connectivity index (χ2n) is 6.56. The quantitative estimate of drug-likeness (QED) is 0.580. The molecule has 2 heterocycles. The average Bonchev–Trinajstić information content (AvgIpc) is 3.26. The number of esters is 1. The molecule has 1 N–H and O–H groups in total. The first kappa shape index (κ1) is 20.7. The number of hydrogen-bond donors (Lipinski definition) is 1. The monoisotopic (exact) mass is 419 g/mol. The van der Waals surface area contributed by atoms with Gasteiger partial charge in [0.2, 0.25) is 10.0 Å². The number of nitrogens with one attached hydrogen (secondary N) is 1. The standard InChI is InChI=1S/C19H21N3O6S/c1-11-5-6-15(7-12(11)2)29(24,25)20-9-18(23)26-10-17-21-22-19(28-17)16-8-13(3)27-14(16)4/h5-8,20H,9-10H2,1-4H3. The van der Waals surface area contributed by atoms with Gasteiger partial charge in [0.15, 0.2) is 6.61 Å². The molecule has 10 heteroatoms. The number of furan rings is 1. The molecule has 0 aliphatic carbocycles. The molecular formula is C19H21N3O6S. The van der Waals surface area contributed by atoms with Crippen molar-refractivity contribution in [3.05, 3.63) is 52.8 Å². The van der Waals surface area contributed by atoms with E-state index in [0.29, 0.717) is 17.1 Å². The van der Waals surface area contributed by atoms with Crippen LogP contribution in [0.5, 0.6) is 0 Å². The lowest BCUT2D eigenvalue weighted by molar-refractivity contribution is -0.144. The number of aryl methyl sites for hydroxylation is 4. The molecule has 3 rings (SSSR count). The normalized spacial score (nSPS) is 11.6. The van der Waals surface area contributed by atoms with E-state index in [1.54, 1.807) is 32.0 Å². The van der Waals surface area contributed by atoms with Gasteiger partial charge in [-0.2, -0.15) is 4.72 Å². The highest BCUT2D eigenvalue weighted by atomic mass is 32.2. The number of benzene rings is 1. The molecule has 0 aliphatic rings. The zero-order valence-electron chi connectivity index (χ0n) is 16.5. The van der Waals surface area contributed by atoms with E-state index in [4.69, 9.17) is 13.6 Å². The summed E-state index contributed by atoms with van der Waals surface area (Å²) in [6, 6.07) is 6.50. The van der Waals surface area contributed by atoms with Crippen molar-refractivity contribution in [1.82, 2.24) is 14.9 Å². The molecule has 0 aliphatic heterocycles. The largest absolute Gasteiger partial charge is 0.466 e. The van der Waals surface area contributed by atoms with Crippen molar-refractivity contribution in [3.63, 3.8) is 0 Å². The molecule has 1 aromatic carbocycles. The molecule has 0 radical (unpaired) electrons. The number of nitrogens with zero attached hydrogens (tertiary/aromatic N) is 2. The highest BCUT2D eigenvalue weighted by Crippen LogP contribution is 2.25. The van der Waals surface area contributed by atoms with Crippen LogP contribution in [0, 0.1) is 27.7 Å². The summed E-state index contributed by atoms with van der Waals surface area (Å²) in [6.45, 7) is 6.48. The van der Waals surface area contributed by atoms with Gasteiger partial charge in [0, 0.05) is 0 Å². The minimum atomic E-state index is -3.82. The first-order chi connectivity index (χ1) is 13.7. The highest BCUT2D eigenvalue weighted by molar-refractivity contribution is 7.89. The lowest BCUT2D eigenvalue weighted by Gasteiger charge is -2.08. The van der Waals surface area contributed by atoms with Gasteiger partial charge in [0.25, 0.3) is 11.8 Å². The van der Waals surface area contributed by atoms with E-state index >= 15 is 0 Å². The molecule has 2 aromatic heterocycles. The van der Waals surface area contributed by atoms with Crippen molar-refractivity contribution in [2.24, 2.45) is 0 Å². The van der Waals surface area contributed by atoms with Crippen molar-refractivity contribution in [2.75, 3.05) is 6.54 Å². The van der Waals surface area contributed by atoms with E-state index in [9.17, 15) is 13.2 Å². The Balaban J connectivity index is 1.55. The Morgan fingerprint density at radius 2 is 1.83 bits per heavy atom. The van der Waals surface area contributed by atoms with E-state index < -0.39 is 22.5 Å². The molecule has 0 bridgehead atoms. The van der Waals surface area contributed by atoms with Crippen LogP contribution in [0.2, 0.25) is 0 Å². The Labute approximate surface area is 168 Å². The second-order valence-corrected chi connectivity index (χ2v) is 8.33. The lowest BCUT2D eigenvalue weighted by Crippen LogP contribution is -2.30. The van der Waals surface area contributed by atoms with Crippen molar-refractivity contribution in [2.45, 2.75) is 39.2 Å². The van der Waals surface area contributed by atoms with E-state index in [0.717, 1.165) is 11.1 Å². The number of sulfonamides is 1. The Morgan fingerprint density at radius 1 is 1.07 bits per heavy atom. The van der Waals surface area contributed by atoms with Crippen LogP contribution in [0.1, 0.15) is 28.5 Å². The number of hydrogen-bond acceptors (Lipinski definition) is 8. The topological polar surface area (TPSA) is 125 Å². The second kappa shape index (κ2) is 8.18. The number of rotatable bonds is 7. The smallest absolute Gasteiger partial charge is 0.321 e. The van der Waals surface area contributed by atoms with Gasteiger partial charge in [-0.1, -0.05) is 6.07 Å². The fourth-order valence-corrected chi connectivity index (χ4v) is 3.63. The summed E-state index contributed by atoms with van der Waals surface area (Å²) in [5, 5.41) is 7.71. The highest BCUT2D eigenvalue weighted by Gasteiger charge is 2.18. The first-order valence-electron chi connectivity index (χ1n) is 8.78. The van der Waals surface area contributed by atoms with Gasteiger partial charge >= 0.3 is 5.97 Å². The Bertz CT molecular complexity index is 1150. The van der Waals surface area contributed by atoms with Crippen molar-refractivity contribution in [3.8, 4) is 11.5 Å². The summed E-state index contributed by atoms with van der Waals surface area (Å²) >= 11 is 0. The maximum atomic E-state index is 12.3.